The average Bonchev–Trinajstić information content (AvgIpc) is 2.73. The molecule has 29 heavy (non-hydrogen) atoms. The number of carbonyl (C=O) groups is 2. The zero-order chi connectivity index (χ0) is 21.4. The highest BCUT2D eigenvalue weighted by atomic mass is 32.1. The number of anilines is 1. The Morgan fingerprint density at radius 1 is 0.966 bits per heavy atom. The number of nitrogens with one attached hydrogen (secondary N) is 3. The lowest BCUT2D eigenvalue weighted by Gasteiger charge is -2.14. The first-order chi connectivity index (χ1) is 13.9. The van der Waals surface area contributed by atoms with Gasteiger partial charge in [0.1, 0.15) is 0 Å². The summed E-state index contributed by atoms with van der Waals surface area (Å²) in [5, 5.41) is 8.23. The predicted octanol–water partition coefficient (Wildman–Crippen LogP) is 2.13. The molecule has 0 spiro atoms. The Morgan fingerprint density at radius 3 is 2.03 bits per heavy atom. The van der Waals surface area contributed by atoms with Crippen molar-refractivity contribution in [2.45, 2.75) is 6.42 Å². The molecule has 0 heterocycles. The van der Waals surface area contributed by atoms with Crippen molar-refractivity contribution in [3.8, 4) is 17.2 Å². The highest BCUT2D eigenvalue weighted by Crippen LogP contribution is 2.38. The van der Waals surface area contributed by atoms with Crippen LogP contribution in [0.25, 0.3) is 0 Å². The number of ether oxygens (including phenoxy) is 3. The number of benzene rings is 2. The van der Waals surface area contributed by atoms with Crippen molar-refractivity contribution in [2.24, 2.45) is 0 Å². The number of hydrogen-bond donors (Lipinski definition) is 3. The second-order valence-electron chi connectivity index (χ2n) is 5.87. The molecule has 0 aromatic heterocycles. The van der Waals surface area contributed by atoms with E-state index in [2.05, 4.69) is 16.0 Å². The quantitative estimate of drug-likeness (QED) is 0.594. The SMILES string of the molecule is CNC(=O)Cc1ccc(NC(=S)NC(=O)c2cc(OC)c(OC)c(OC)c2)cc1. The third-order valence-corrected chi connectivity index (χ3v) is 4.21. The lowest BCUT2D eigenvalue weighted by atomic mass is 10.1. The minimum Gasteiger partial charge on any atom is -0.493 e. The van der Waals surface area contributed by atoms with Crippen LogP contribution in [0.2, 0.25) is 0 Å². The molecule has 2 rings (SSSR count). The summed E-state index contributed by atoms with van der Waals surface area (Å²) < 4.78 is 15.8. The van der Waals surface area contributed by atoms with Crippen molar-refractivity contribution in [1.82, 2.24) is 10.6 Å². The summed E-state index contributed by atoms with van der Waals surface area (Å²) in [4.78, 5) is 24.0. The molecule has 0 unspecified atom stereocenters. The van der Waals surface area contributed by atoms with Gasteiger partial charge < -0.3 is 24.8 Å². The van der Waals surface area contributed by atoms with Gasteiger partial charge in [-0.2, -0.15) is 0 Å². The second kappa shape index (κ2) is 10.3. The number of thiocarbonyl (C=S) groups is 1. The van der Waals surface area contributed by atoms with E-state index >= 15 is 0 Å². The van der Waals surface area contributed by atoms with Gasteiger partial charge in [0.2, 0.25) is 11.7 Å². The first kappa shape index (κ1) is 22.0. The summed E-state index contributed by atoms with van der Waals surface area (Å²) in [7, 11) is 6.02. The summed E-state index contributed by atoms with van der Waals surface area (Å²) in [5.74, 6) is 0.617. The molecular weight excluding hydrogens is 394 g/mol. The largest absolute Gasteiger partial charge is 0.493 e. The fourth-order valence-corrected chi connectivity index (χ4v) is 2.74. The summed E-state index contributed by atoms with van der Waals surface area (Å²) in [6.07, 6.45) is 0.291. The summed E-state index contributed by atoms with van der Waals surface area (Å²) >= 11 is 5.21. The van der Waals surface area contributed by atoms with Crippen LogP contribution in [0.3, 0.4) is 0 Å². The molecule has 0 aliphatic rings. The molecule has 0 aliphatic carbocycles. The third-order valence-electron chi connectivity index (χ3n) is 4.01. The van der Waals surface area contributed by atoms with Gasteiger partial charge in [-0.3, -0.25) is 14.9 Å². The van der Waals surface area contributed by atoms with Crippen LogP contribution in [0.15, 0.2) is 36.4 Å². The van der Waals surface area contributed by atoms with Gasteiger partial charge >= 0.3 is 0 Å². The van der Waals surface area contributed by atoms with Crippen LogP contribution in [0, 0.1) is 0 Å². The maximum absolute atomic E-state index is 12.6. The normalized spacial score (nSPS) is 9.93. The molecule has 0 bridgehead atoms. The van der Waals surface area contributed by atoms with Crippen LogP contribution in [-0.4, -0.2) is 45.3 Å². The Bertz CT molecular complexity index is 874. The predicted molar refractivity (Wildman–Crippen MR) is 114 cm³/mol. The molecule has 0 saturated heterocycles. The third kappa shape index (κ3) is 5.82. The van der Waals surface area contributed by atoms with E-state index in [1.807, 2.05) is 0 Å². The molecule has 2 aromatic carbocycles. The Hall–Kier alpha value is -3.33. The topological polar surface area (TPSA) is 97.9 Å². The van der Waals surface area contributed by atoms with Crippen molar-refractivity contribution in [2.75, 3.05) is 33.7 Å². The molecular formula is C20H23N3O5S. The smallest absolute Gasteiger partial charge is 0.257 e. The fourth-order valence-electron chi connectivity index (χ4n) is 2.53. The van der Waals surface area contributed by atoms with Gasteiger partial charge in [-0.15, -0.1) is 0 Å². The van der Waals surface area contributed by atoms with E-state index in [0.29, 0.717) is 34.9 Å². The highest BCUT2D eigenvalue weighted by molar-refractivity contribution is 7.80. The maximum atomic E-state index is 12.6. The van der Waals surface area contributed by atoms with E-state index in [0.717, 1.165) is 5.56 Å². The Balaban J connectivity index is 2.05. The van der Waals surface area contributed by atoms with Crippen LogP contribution in [0.4, 0.5) is 5.69 Å². The highest BCUT2D eigenvalue weighted by Gasteiger charge is 2.17. The number of likely N-dealkylation sites (N-methyl/N-ethyl adjacent to an activating group) is 1. The van der Waals surface area contributed by atoms with Gasteiger partial charge in [0.05, 0.1) is 27.8 Å². The maximum Gasteiger partial charge on any atom is 0.257 e. The Kier molecular flexibility index (Phi) is 7.79. The number of hydrogen-bond acceptors (Lipinski definition) is 6. The number of amides is 2. The molecule has 0 radical (unpaired) electrons. The molecule has 3 N–H and O–H groups in total. The van der Waals surface area contributed by atoms with E-state index in [1.165, 1.54) is 33.5 Å². The van der Waals surface area contributed by atoms with Crippen molar-refractivity contribution in [1.29, 1.82) is 0 Å². The molecule has 154 valence electrons. The van der Waals surface area contributed by atoms with Crippen molar-refractivity contribution >= 4 is 34.8 Å². The minimum absolute atomic E-state index is 0.0705. The first-order valence-corrected chi connectivity index (χ1v) is 9.04. The molecule has 0 saturated carbocycles. The van der Waals surface area contributed by atoms with Crippen LogP contribution < -0.4 is 30.2 Å². The van der Waals surface area contributed by atoms with E-state index in [1.54, 1.807) is 31.3 Å². The van der Waals surface area contributed by atoms with Gasteiger partial charge in [0.15, 0.2) is 16.6 Å². The Labute approximate surface area is 174 Å². The molecule has 9 heteroatoms. The summed E-state index contributed by atoms with van der Waals surface area (Å²) in [6.45, 7) is 0. The van der Waals surface area contributed by atoms with E-state index in [9.17, 15) is 9.59 Å². The van der Waals surface area contributed by atoms with E-state index < -0.39 is 5.91 Å². The number of methoxy groups -OCH3 is 3. The minimum atomic E-state index is -0.432. The second-order valence-corrected chi connectivity index (χ2v) is 6.28. The zero-order valence-corrected chi connectivity index (χ0v) is 17.4. The van der Waals surface area contributed by atoms with E-state index in [4.69, 9.17) is 26.4 Å². The fraction of sp³-hybridized carbons (Fsp3) is 0.250. The average molecular weight is 417 g/mol. The van der Waals surface area contributed by atoms with Gasteiger partial charge in [-0.25, -0.2) is 0 Å². The zero-order valence-electron chi connectivity index (χ0n) is 16.6. The first-order valence-electron chi connectivity index (χ1n) is 8.63. The summed E-state index contributed by atoms with van der Waals surface area (Å²) in [6, 6.07) is 10.2. The standard InChI is InChI=1S/C20H23N3O5S/c1-21-17(24)9-12-5-7-14(8-6-12)22-20(29)23-19(25)13-10-15(26-2)18(28-4)16(11-13)27-3/h5-8,10-11H,9H2,1-4H3,(H,21,24)(H2,22,23,25,29). The van der Waals surface area contributed by atoms with Crippen molar-refractivity contribution in [3.63, 3.8) is 0 Å². The lowest BCUT2D eigenvalue weighted by Crippen LogP contribution is -2.34. The molecule has 8 nitrogen and oxygen atoms in total. The van der Waals surface area contributed by atoms with Gasteiger partial charge in [-0.05, 0) is 42.0 Å². The van der Waals surface area contributed by atoms with Gasteiger partial charge in [0, 0.05) is 18.3 Å². The molecule has 2 aromatic rings. The number of carbonyl (C=O) groups excluding carboxylic acids is 2. The monoisotopic (exact) mass is 417 g/mol. The van der Waals surface area contributed by atoms with Crippen molar-refractivity contribution in [3.05, 3.63) is 47.5 Å². The van der Waals surface area contributed by atoms with Gasteiger partial charge in [-0.1, -0.05) is 12.1 Å². The molecule has 0 atom stereocenters. The molecule has 0 aliphatic heterocycles. The lowest BCUT2D eigenvalue weighted by molar-refractivity contribution is -0.119. The van der Waals surface area contributed by atoms with Gasteiger partial charge in [0.25, 0.3) is 5.91 Å². The van der Waals surface area contributed by atoms with E-state index in [-0.39, 0.29) is 11.0 Å². The number of rotatable bonds is 7. The molecule has 0 fully saturated rings. The van der Waals surface area contributed by atoms with Crippen LogP contribution in [0.5, 0.6) is 17.2 Å². The van der Waals surface area contributed by atoms with Crippen LogP contribution >= 0.6 is 12.2 Å². The Morgan fingerprint density at radius 2 is 1.55 bits per heavy atom. The van der Waals surface area contributed by atoms with Crippen LogP contribution in [-0.2, 0) is 11.2 Å². The summed E-state index contributed by atoms with van der Waals surface area (Å²) in [5.41, 5.74) is 1.84. The van der Waals surface area contributed by atoms with Crippen LogP contribution in [0.1, 0.15) is 15.9 Å². The van der Waals surface area contributed by atoms with Crippen molar-refractivity contribution < 1.29 is 23.8 Å². The molecule has 2 amide bonds.